The van der Waals surface area contributed by atoms with Gasteiger partial charge in [0.05, 0.1) is 30.1 Å². The van der Waals surface area contributed by atoms with Crippen LogP contribution < -0.4 is 10.5 Å². The normalized spacial score (nSPS) is 16.1. The lowest BCUT2D eigenvalue weighted by Gasteiger charge is -2.34. The standard InChI is InChI=1S/C16H17N5O2/c1-22-11-5-3-10(4-6-11)13-12(9-18-20-13)14-19-15(21-23-14)16(17)7-2-8-16/h3-6,9H,2,7-8,17H2,1H3,(H,18,20). The van der Waals surface area contributed by atoms with Gasteiger partial charge in [0.25, 0.3) is 5.89 Å². The van der Waals surface area contributed by atoms with Gasteiger partial charge >= 0.3 is 0 Å². The van der Waals surface area contributed by atoms with Gasteiger partial charge in [-0.25, -0.2) is 0 Å². The first kappa shape index (κ1) is 14.0. The summed E-state index contributed by atoms with van der Waals surface area (Å²) in [6.07, 6.45) is 4.56. The van der Waals surface area contributed by atoms with Crippen LogP contribution in [0, 0.1) is 0 Å². The molecule has 2 aromatic heterocycles. The van der Waals surface area contributed by atoms with E-state index in [4.69, 9.17) is 15.0 Å². The lowest BCUT2D eigenvalue weighted by atomic mass is 9.77. The zero-order valence-electron chi connectivity index (χ0n) is 12.7. The second-order valence-electron chi connectivity index (χ2n) is 5.82. The molecule has 1 fully saturated rings. The maximum atomic E-state index is 6.25. The van der Waals surface area contributed by atoms with Crippen molar-refractivity contribution >= 4 is 0 Å². The fourth-order valence-electron chi connectivity index (χ4n) is 2.74. The molecule has 7 nitrogen and oxygen atoms in total. The van der Waals surface area contributed by atoms with Gasteiger partial charge < -0.3 is 15.0 Å². The molecule has 0 atom stereocenters. The SMILES string of the molecule is COc1ccc(-c2[nH]ncc2-c2nc(C3(N)CCC3)no2)cc1. The van der Waals surface area contributed by atoms with E-state index in [9.17, 15) is 0 Å². The molecular formula is C16H17N5O2. The molecule has 0 radical (unpaired) electrons. The van der Waals surface area contributed by atoms with Gasteiger partial charge in [-0.05, 0) is 43.5 Å². The van der Waals surface area contributed by atoms with E-state index in [1.165, 1.54) is 0 Å². The van der Waals surface area contributed by atoms with E-state index >= 15 is 0 Å². The predicted octanol–water partition coefficient (Wildman–Crippen LogP) is 2.47. The molecule has 2 heterocycles. The summed E-state index contributed by atoms with van der Waals surface area (Å²) >= 11 is 0. The molecule has 0 aliphatic heterocycles. The van der Waals surface area contributed by atoms with Gasteiger partial charge in [-0.1, -0.05) is 5.16 Å². The number of aromatic amines is 1. The van der Waals surface area contributed by atoms with Crippen molar-refractivity contribution in [2.24, 2.45) is 5.73 Å². The van der Waals surface area contributed by atoms with Gasteiger partial charge in [-0.15, -0.1) is 0 Å². The van der Waals surface area contributed by atoms with Crippen molar-refractivity contribution in [3.05, 3.63) is 36.3 Å². The maximum absolute atomic E-state index is 6.25. The summed E-state index contributed by atoms with van der Waals surface area (Å²) in [5.41, 5.74) is 8.36. The molecule has 1 saturated carbocycles. The van der Waals surface area contributed by atoms with Crippen LogP contribution in [0.25, 0.3) is 22.7 Å². The van der Waals surface area contributed by atoms with E-state index in [-0.39, 0.29) is 0 Å². The third-order valence-electron chi connectivity index (χ3n) is 4.37. The van der Waals surface area contributed by atoms with E-state index in [0.29, 0.717) is 11.7 Å². The number of nitrogens with zero attached hydrogens (tertiary/aromatic N) is 3. The van der Waals surface area contributed by atoms with Crippen molar-refractivity contribution in [1.82, 2.24) is 20.3 Å². The van der Waals surface area contributed by atoms with Crippen molar-refractivity contribution in [2.75, 3.05) is 7.11 Å². The second-order valence-corrected chi connectivity index (χ2v) is 5.82. The Morgan fingerprint density at radius 1 is 1.26 bits per heavy atom. The average Bonchev–Trinajstić information content (AvgIpc) is 3.21. The molecule has 0 unspecified atom stereocenters. The molecule has 23 heavy (non-hydrogen) atoms. The summed E-state index contributed by atoms with van der Waals surface area (Å²) in [4.78, 5) is 4.48. The molecule has 1 aromatic carbocycles. The first-order valence-electron chi connectivity index (χ1n) is 7.51. The Morgan fingerprint density at radius 2 is 2.04 bits per heavy atom. The van der Waals surface area contributed by atoms with E-state index in [0.717, 1.165) is 41.8 Å². The highest BCUT2D eigenvalue weighted by Crippen LogP contribution is 2.38. The molecule has 118 valence electrons. The van der Waals surface area contributed by atoms with Gasteiger partial charge in [0, 0.05) is 5.56 Å². The second kappa shape index (κ2) is 5.20. The Bertz CT molecular complexity index is 817. The number of hydrogen-bond acceptors (Lipinski definition) is 6. The van der Waals surface area contributed by atoms with Gasteiger partial charge in [0.15, 0.2) is 5.82 Å². The van der Waals surface area contributed by atoms with Gasteiger partial charge in [0.2, 0.25) is 0 Å². The van der Waals surface area contributed by atoms with Crippen LogP contribution in [0.2, 0.25) is 0 Å². The Balaban J connectivity index is 1.69. The minimum Gasteiger partial charge on any atom is -0.497 e. The van der Waals surface area contributed by atoms with E-state index in [1.54, 1.807) is 13.3 Å². The topological polar surface area (TPSA) is 103 Å². The predicted molar refractivity (Wildman–Crippen MR) is 83.6 cm³/mol. The quantitative estimate of drug-likeness (QED) is 0.767. The smallest absolute Gasteiger partial charge is 0.261 e. The summed E-state index contributed by atoms with van der Waals surface area (Å²) in [6, 6.07) is 7.68. The Morgan fingerprint density at radius 3 is 2.70 bits per heavy atom. The van der Waals surface area contributed by atoms with Crippen LogP contribution in [0.15, 0.2) is 35.0 Å². The van der Waals surface area contributed by atoms with Crippen LogP contribution >= 0.6 is 0 Å². The van der Waals surface area contributed by atoms with Crippen LogP contribution in [-0.4, -0.2) is 27.4 Å². The Hall–Kier alpha value is -2.67. The van der Waals surface area contributed by atoms with Crippen molar-refractivity contribution in [1.29, 1.82) is 0 Å². The van der Waals surface area contributed by atoms with Gasteiger partial charge in [-0.3, -0.25) is 5.10 Å². The van der Waals surface area contributed by atoms with Crippen LogP contribution in [0.4, 0.5) is 0 Å². The number of hydrogen-bond donors (Lipinski definition) is 2. The van der Waals surface area contributed by atoms with Crippen molar-refractivity contribution in [3.63, 3.8) is 0 Å². The summed E-state index contributed by atoms with van der Waals surface area (Å²) in [5.74, 6) is 1.79. The molecule has 4 rings (SSSR count). The number of nitrogens with one attached hydrogen (secondary N) is 1. The molecule has 7 heteroatoms. The number of H-pyrrole nitrogens is 1. The lowest BCUT2D eigenvalue weighted by molar-refractivity contribution is 0.229. The number of benzene rings is 1. The Kier molecular flexibility index (Phi) is 3.16. The fourth-order valence-corrected chi connectivity index (χ4v) is 2.74. The number of ether oxygens (including phenoxy) is 1. The summed E-state index contributed by atoms with van der Waals surface area (Å²) in [7, 11) is 1.64. The maximum Gasteiger partial charge on any atom is 0.261 e. The molecule has 3 N–H and O–H groups in total. The highest BCUT2D eigenvalue weighted by molar-refractivity contribution is 5.76. The Labute approximate surface area is 132 Å². The molecule has 0 saturated heterocycles. The lowest BCUT2D eigenvalue weighted by Crippen LogP contribution is -2.44. The third kappa shape index (κ3) is 2.29. The summed E-state index contributed by atoms with van der Waals surface area (Å²) in [6.45, 7) is 0. The van der Waals surface area contributed by atoms with Crippen LogP contribution in [-0.2, 0) is 5.54 Å². The number of aromatic nitrogens is 4. The minimum absolute atomic E-state index is 0.427. The molecule has 0 spiro atoms. The average molecular weight is 311 g/mol. The van der Waals surface area contributed by atoms with Crippen molar-refractivity contribution in [3.8, 4) is 28.5 Å². The largest absolute Gasteiger partial charge is 0.497 e. The van der Waals surface area contributed by atoms with Gasteiger partial charge in [-0.2, -0.15) is 10.1 Å². The highest BCUT2D eigenvalue weighted by atomic mass is 16.5. The van der Waals surface area contributed by atoms with Crippen LogP contribution in [0.3, 0.4) is 0 Å². The number of rotatable bonds is 4. The van der Waals surface area contributed by atoms with Crippen LogP contribution in [0.1, 0.15) is 25.1 Å². The van der Waals surface area contributed by atoms with Crippen LogP contribution in [0.5, 0.6) is 5.75 Å². The number of methoxy groups -OCH3 is 1. The van der Waals surface area contributed by atoms with E-state index < -0.39 is 5.54 Å². The fraction of sp³-hybridized carbons (Fsp3) is 0.312. The van der Waals surface area contributed by atoms with Crippen molar-refractivity contribution in [2.45, 2.75) is 24.8 Å². The first-order valence-corrected chi connectivity index (χ1v) is 7.51. The zero-order chi connectivity index (χ0) is 15.9. The third-order valence-corrected chi connectivity index (χ3v) is 4.37. The minimum atomic E-state index is -0.439. The molecule has 0 bridgehead atoms. The highest BCUT2D eigenvalue weighted by Gasteiger charge is 2.39. The van der Waals surface area contributed by atoms with E-state index in [1.807, 2.05) is 24.3 Å². The monoisotopic (exact) mass is 311 g/mol. The molecule has 1 aliphatic carbocycles. The molecular weight excluding hydrogens is 294 g/mol. The molecule has 3 aromatic rings. The molecule has 1 aliphatic rings. The van der Waals surface area contributed by atoms with E-state index in [2.05, 4.69) is 20.3 Å². The van der Waals surface area contributed by atoms with Gasteiger partial charge in [0.1, 0.15) is 5.75 Å². The first-order chi connectivity index (χ1) is 11.2. The zero-order valence-corrected chi connectivity index (χ0v) is 12.7. The number of nitrogens with two attached hydrogens (primary N) is 1. The summed E-state index contributed by atoms with van der Waals surface area (Å²) in [5, 5.41) is 11.1. The van der Waals surface area contributed by atoms with Crippen molar-refractivity contribution < 1.29 is 9.26 Å². The molecule has 0 amide bonds. The summed E-state index contributed by atoms with van der Waals surface area (Å²) < 4.78 is 10.6.